The average molecular weight is 471 g/mol. The van der Waals surface area contributed by atoms with Gasteiger partial charge < -0.3 is 15.2 Å². The van der Waals surface area contributed by atoms with Gasteiger partial charge in [0.25, 0.3) is 11.8 Å². The number of rotatable bonds is 8. The second kappa shape index (κ2) is 10.4. The fraction of sp³-hybridized carbons (Fsp3) is 0.217. The molecule has 2 amide bonds. The first-order chi connectivity index (χ1) is 15.2. The van der Waals surface area contributed by atoms with Gasteiger partial charge in [-0.15, -0.1) is 0 Å². The van der Waals surface area contributed by atoms with Crippen LogP contribution in [0.3, 0.4) is 0 Å². The van der Waals surface area contributed by atoms with Crippen LogP contribution in [0.5, 0.6) is 5.75 Å². The number of benzene rings is 2. The Bertz CT molecular complexity index is 1080. The van der Waals surface area contributed by atoms with E-state index in [0.29, 0.717) is 10.7 Å². The first-order valence-corrected chi connectivity index (χ1v) is 11.1. The van der Waals surface area contributed by atoms with Crippen molar-refractivity contribution < 1.29 is 24.2 Å². The van der Waals surface area contributed by atoms with E-state index in [-0.39, 0.29) is 22.8 Å². The van der Waals surface area contributed by atoms with Crippen molar-refractivity contribution in [2.24, 2.45) is 0 Å². The zero-order valence-corrected chi connectivity index (χ0v) is 19.2. The number of ether oxygens (including phenoxy) is 1. The van der Waals surface area contributed by atoms with E-state index in [1.165, 1.54) is 0 Å². The zero-order valence-electron chi connectivity index (χ0n) is 17.5. The minimum absolute atomic E-state index is 0.139. The van der Waals surface area contributed by atoms with Gasteiger partial charge in [-0.1, -0.05) is 68.2 Å². The van der Waals surface area contributed by atoms with Crippen molar-refractivity contribution in [1.29, 1.82) is 0 Å². The summed E-state index contributed by atoms with van der Waals surface area (Å²) in [7, 11) is 0. The smallest absolute Gasteiger partial charge is 0.323 e. The number of carboxylic acids is 1. The van der Waals surface area contributed by atoms with Gasteiger partial charge in [0.2, 0.25) is 0 Å². The Balaban J connectivity index is 1.58. The quantitative estimate of drug-likeness (QED) is 0.443. The highest BCUT2D eigenvalue weighted by Crippen LogP contribution is 2.32. The number of nitrogens with one attached hydrogen (secondary N) is 1. The van der Waals surface area contributed by atoms with Crippen LogP contribution in [0, 0.1) is 0 Å². The molecule has 32 heavy (non-hydrogen) atoms. The van der Waals surface area contributed by atoms with Gasteiger partial charge in [0.1, 0.15) is 16.6 Å². The van der Waals surface area contributed by atoms with Gasteiger partial charge in [0, 0.05) is 5.69 Å². The van der Waals surface area contributed by atoms with Crippen LogP contribution >= 0.6 is 24.0 Å². The Labute approximate surface area is 195 Å². The van der Waals surface area contributed by atoms with E-state index >= 15 is 0 Å². The molecule has 166 valence electrons. The normalized spacial score (nSPS) is 14.8. The van der Waals surface area contributed by atoms with E-state index in [2.05, 4.69) is 19.2 Å². The van der Waals surface area contributed by atoms with Crippen molar-refractivity contribution in [2.45, 2.75) is 19.8 Å². The van der Waals surface area contributed by atoms with Crippen LogP contribution in [0.1, 0.15) is 30.9 Å². The maximum Gasteiger partial charge on any atom is 0.323 e. The largest absolute Gasteiger partial charge is 0.484 e. The van der Waals surface area contributed by atoms with Crippen LogP contribution in [-0.4, -0.2) is 45.3 Å². The lowest BCUT2D eigenvalue weighted by molar-refractivity contribution is -0.140. The molecular weight excluding hydrogens is 448 g/mol. The highest BCUT2D eigenvalue weighted by Gasteiger charge is 2.33. The van der Waals surface area contributed by atoms with Gasteiger partial charge in [0.05, 0.1) is 4.91 Å². The fourth-order valence-electron chi connectivity index (χ4n) is 3.03. The molecule has 1 aliphatic heterocycles. The number of carbonyl (C=O) groups is 3. The van der Waals surface area contributed by atoms with Gasteiger partial charge in [-0.25, -0.2) is 0 Å². The maximum atomic E-state index is 12.3. The van der Waals surface area contributed by atoms with Gasteiger partial charge >= 0.3 is 5.97 Å². The SMILES string of the molecule is CC(C)c1ccccc1NC(=O)COc1ccc(C=C2SC(=S)N(CC(=O)O)C2=O)cc1. The summed E-state index contributed by atoms with van der Waals surface area (Å²) in [6.45, 7) is 3.53. The van der Waals surface area contributed by atoms with Crippen LogP contribution in [0.2, 0.25) is 0 Å². The molecule has 3 rings (SSSR count). The molecule has 2 aromatic carbocycles. The second-order valence-electron chi connectivity index (χ2n) is 7.31. The monoisotopic (exact) mass is 470 g/mol. The maximum absolute atomic E-state index is 12.3. The molecule has 0 atom stereocenters. The number of carboxylic acid groups (broad SMARTS) is 1. The highest BCUT2D eigenvalue weighted by atomic mass is 32.2. The van der Waals surface area contributed by atoms with Crippen LogP contribution < -0.4 is 10.1 Å². The highest BCUT2D eigenvalue weighted by molar-refractivity contribution is 8.26. The Hall–Kier alpha value is -3.17. The Kier molecular flexibility index (Phi) is 7.66. The van der Waals surface area contributed by atoms with Crippen molar-refractivity contribution in [2.75, 3.05) is 18.5 Å². The number of nitrogens with zero attached hydrogens (tertiary/aromatic N) is 1. The van der Waals surface area contributed by atoms with Crippen molar-refractivity contribution in [3.05, 3.63) is 64.6 Å². The zero-order chi connectivity index (χ0) is 23.3. The van der Waals surface area contributed by atoms with Crippen LogP contribution in [-0.2, 0) is 14.4 Å². The molecule has 2 aromatic rings. The van der Waals surface area contributed by atoms with Crippen LogP contribution in [0.25, 0.3) is 6.08 Å². The molecule has 0 aromatic heterocycles. The molecule has 1 aliphatic rings. The number of aliphatic carboxylic acids is 1. The number of thiocarbonyl (C=S) groups is 1. The van der Waals surface area contributed by atoms with Crippen molar-refractivity contribution in [1.82, 2.24) is 4.90 Å². The molecule has 1 fully saturated rings. The standard InChI is InChI=1S/C23H22N2O5S2/c1-14(2)17-5-3-4-6-18(17)24-20(26)13-30-16-9-7-15(8-10-16)11-19-22(29)25(12-21(27)28)23(31)32-19/h3-11,14H,12-13H2,1-2H3,(H,24,26)(H,27,28). The average Bonchev–Trinajstić information content (AvgIpc) is 3.00. The second-order valence-corrected chi connectivity index (χ2v) is 8.99. The Morgan fingerprint density at radius 1 is 1.19 bits per heavy atom. The number of thioether (sulfide) groups is 1. The summed E-state index contributed by atoms with van der Waals surface area (Å²) >= 11 is 6.15. The predicted octanol–water partition coefficient (Wildman–Crippen LogP) is 4.11. The summed E-state index contributed by atoms with van der Waals surface area (Å²) in [5.41, 5.74) is 2.55. The van der Waals surface area contributed by atoms with Gasteiger partial charge in [-0.3, -0.25) is 19.3 Å². The molecule has 1 saturated heterocycles. The third kappa shape index (κ3) is 5.95. The number of hydrogen-bond donors (Lipinski definition) is 2. The summed E-state index contributed by atoms with van der Waals surface area (Å²) in [6, 6.07) is 14.5. The summed E-state index contributed by atoms with van der Waals surface area (Å²) in [5.74, 6) is -1.02. The molecule has 0 saturated carbocycles. The van der Waals surface area contributed by atoms with Crippen molar-refractivity contribution in [3.63, 3.8) is 0 Å². The van der Waals surface area contributed by atoms with Gasteiger partial charge in [-0.05, 0) is 41.3 Å². The van der Waals surface area contributed by atoms with E-state index < -0.39 is 18.4 Å². The lowest BCUT2D eigenvalue weighted by Gasteiger charge is -2.14. The summed E-state index contributed by atoms with van der Waals surface area (Å²) in [5, 5.41) is 11.8. The Morgan fingerprint density at radius 3 is 2.53 bits per heavy atom. The molecule has 9 heteroatoms. The van der Waals surface area contributed by atoms with E-state index in [1.807, 2.05) is 24.3 Å². The molecule has 0 spiro atoms. The number of amides is 2. The molecular formula is C23H22N2O5S2. The summed E-state index contributed by atoms with van der Waals surface area (Å²) in [4.78, 5) is 36.9. The topological polar surface area (TPSA) is 95.9 Å². The third-order valence-corrected chi connectivity index (χ3v) is 5.95. The lowest BCUT2D eigenvalue weighted by Crippen LogP contribution is -2.33. The number of para-hydroxylation sites is 1. The lowest BCUT2D eigenvalue weighted by atomic mass is 10.0. The van der Waals surface area contributed by atoms with E-state index in [0.717, 1.165) is 33.5 Å². The molecule has 1 heterocycles. The minimum Gasteiger partial charge on any atom is -0.484 e. The van der Waals surface area contributed by atoms with Crippen molar-refractivity contribution in [3.8, 4) is 5.75 Å². The van der Waals surface area contributed by atoms with Crippen molar-refractivity contribution >= 4 is 57.8 Å². The number of carbonyl (C=O) groups excluding carboxylic acids is 2. The summed E-state index contributed by atoms with van der Waals surface area (Å²) < 4.78 is 5.78. The van der Waals surface area contributed by atoms with Crippen LogP contribution in [0.15, 0.2) is 53.4 Å². The van der Waals surface area contributed by atoms with E-state index in [9.17, 15) is 14.4 Å². The minimum atomic E-state index is -1.12. The summed E-state index contributed by atoms with van der Waals surface area (Å²) in [6.07, 6.45) is 1.64. The van der Waals surface area contributed by atoms with Crippen LogP contribution in [0.4, 0.5) is 5.69 Å². The molecule has 0 radical (unpaired) electrons. The molecule has 0 unspecified atom stereocenters. The molecule has 7 nitrogen and oxygen atoms in total. The first kappa shape index (κ1) is 23.5. The molecule has 2 N–H and O–H groups in total. The van der Waals surface area contributed by atoms with Gasteiger partial charge in [0.15, 0.2) is 6.61 Å². The first-order valence-electron chi connectivity index (χ1n) is 9.83. The van der Waals surface area contributed by atoms with Gasteiger partial charge in [-0.2, -0.15) is 0 Å². The number of hydrogen-bond acceptors (Lipinski definition) is 6. The van der Waals surface area contributed by atoms with E-state index in [1.54, 1.807) is 30.3 Å². The molecule has 0 aliphatic carbocycles. The number of anilines is 1. The molecule has 0 bridgehead atoms. The predicted molar refractivity (Wildman–Crippen MR) is 129 cm³/mol. The third-order valence-electron chi connectivity index (χ3n) is 4.57. The Morgan fingerprint density at radius 2 is 1.88 bits per heavy atom. The fourth-order valence-corrected chi connectivity index (χ4v) is 4.29. The van der Waals surface area contributed by atoms with E-state index in [4.69, 9.17) is 22.1 Å².